The summed E-state index contributed by atoms with van der Waals surface area (Å²) in [6.07, 6.45) is 7.18. The van der Waals surface area contributed by atoms with Crippen molar-refractivity contribution in [3.63, 3.8) is 0 Å². The average Bonchev–Trinajstić information content (AvgIpc) is 3.41. The first-order chi connectivity index (χ1) is 20.4. The Hall–Kier alpha value is -5.28. The molecule has 1 atom stereocenters. The van der Waals surface area contributed by atoms with E-state index in [0.717, 1.165) is 28.0 Å². The molecule has 1 aliphatic rings. The van der Waals surface area contributed by atoms with Gasteiger partial charge in [-0.15, -0.1) is 0 Å². The van der Waals surface area contributed by atoms with Crippen molar-refractivity contribution < 1.29 is 9.59 Å². The van der Waals surface area contributed by atoms with Gasteiger partial charge in [-0.3, -0.25) is 9.59 Å². The van der Waals surface area contributed by atoms with Crippen LogP contribution in [0.3, 0.4) is 0 Å². The van der Waals surface area contributed by atoms with Crippen molar-refractivity contribution >= 4 is 45.7 Å². The number of aromatic nitrogens is 3. The van der Waals surface area contributed by atoms with Gasteiger partial charge in [0.25, 0.3) is 5.91 Å². The summed E-state index contributed by atoms with van der Waals surface area (Å²) in [5.74, 6) is 0.189. The van der Waals surface area contributed by atoms with Gasteiger partial charge >= 0.3 is 0 Å². The first kappa shape index (κ1) is 26.9. The molecule has 0 radical (unpaired) electrons. The largest absolute Gasteiger partial charge is 0.360 e. The van der Waals surface area contributed by atoms with E-state index < -0.39 is 0 Å². The van der Waals surface area contributed by atoms with E-state index in [1.807, 2.05) is 55.7 Å². The lowest BCUT2D eigenvalue weighted by Gasteiger charge is -2.22. The van der Waals surface area contributed by atoms with Gasteiger partial charge in [0, 0.05) is 75.6 Å². The van der Waals surface area contributed by atoms with Crippen molar-refractivity contribution in [2.45, 2.75) is 12.8 Å². The van der Waals surface area contributed by atoms with Crippen LogP contribution in [0.5, 0.6) is 0 Å². The predicted molar refractivity (Wildman–Crippen MR) is 167 cm³/mol. The summed E-state index contributed by atoms with van der Waals surface area (Å²) in [6, 6.07) is 20.5. The molecular formula is C33H31N7O2. The Balaban J connectivity index is 1.13. The highest BCUT2D eigenvalue weighted by Gasteiger charge is 2.27. The molecule has 4 N–H and O–H groups in total. The summed E-state index contributed by atoms with van der Waals surface area (Å²) < 4.78 is 0. The number of likely N-dealkylation sites (N-methyl/N-ethyl adjacent to an activating group) is 1. The molecule has 2 aromatic heterocycles. The summed E-state index contributed by atoms with van der Waals surface area (Å²) in [6.45, 7) is 2.86. The highest BCUT2D eigenvalue weighted by Crippen LogP contribution is 2.44. The Kier molecular flexibility index (Phi) is 7.24. The van der Waals surface area contributed by atoms with Crippen LogP contribution in [-0.2, 0) is 4.79 Å². The van der Waals surface area contributed by atoms with Gasteiger partial charge in [0.2, 0.25) is 11.9 Å². The highest BCUT2D eigenvalue weighted by molar-refractivity contribution is 6.05. The number of carbonyl (C=O) groups is 2. The lowest BCUT2D eigenvalue weighted by molar-refractivity contribution is -0.111. The average molecular weight is 558 g/mol. The molecule has 0 saturated heterocycles. The lowest BCUT2D eigenvalue weighted by Crippen LogP contribution is -2.14. The lowest BCUT2D eigenvalue weighted by atomic mass is 9.83. The molecule has 2 heterocycles. The minimum atomic E-state index is -0.259. The fourth-order valence-electron chi connectivity index (χ4n) is 5.18. The molecule has 6 rings (SSSR count). The summed E-state index contributed by atoms with van der Waals surface area (Å²) in [5.41, 5.74) is 7.91. The van der Waals surface area contributed by atoms with E-state index in [1.54, 1.807) is 30.3 Å². The second-order valence-electron chi connectivity index (χ2n) is 10.6. The number of benzene rings is 3. The van der Waals surface area contributed by atoms with Crippen LogP contribution in [0.15, 0.2) is 91.3 Å². The molecular weight excluding hydrogens is 526 g/mol. The molecule has 0 aliphatic heterocycles. The Bertz CT molecular complexity index is 1820. The molecule has 0 saturated carbocycles. The van der Waals surface area contributed by atoms with Crippen molar-refractivity contribution in [2.75, 3.05) is 36.6 Å². The van der Waals surface area contributed by atoms with Gasteiger partial charge in [-0.1, -0.05) is 31.2 Å². The van der Waals surface area contributed by atoms with E-state index in [1.165, 1.54) is 17.0 Å². The van der Waals surface area contributed by atoms with Gasteiger partial charge < -0.3 is 25.8 Å². The first-order valence-corrected chi connectivity index (χ1v) is 13.7. The Morgan fingerprint density at radius 2 is 1.74 bits per heavy atom. The fourth-order valence-corrected chi connectivity index (χ4v) is 5.18. The van der Waals surface area contributed by atoms with Crippen molar-refractivity contribution in [2.24, 2.45) is 0 Å². The Labute approximate surface area is 243 Å². The molecule has 0 spiro atoms. The molecule has 0 bridgehead atoms. The third kappa shape index (κ3) is 5.50. The maximum Gasteiger partial charge on any atom is 0.255 e. The quantitative estimate of drug-likeness (QED) is 0.170. The molecule has 5 aromatic rings. The van der Waals surface area contributed by atoms with E-state index in [9.17, 15) is 9.59 Å². The SMILES string of the molecule is CC1c2cnc(Nc3cccc(NC(=O)c4ccc(NC(=O)/C=C/CN(C)C)cc4)c3)nc2-c2c[nH]c3cccc1c23. The van der Waals surface area contributed by atoms with Gasteiger partial charge in [0.15, 0.2) is 0 Å². The van der Waals surface area contributed by atoms with E-state index in [2.05, 4.69) is 51.0 Å². The van der Waals surface area contributed by atoms with E-state index >= 15 is 0 Å². The smallest absolute Gasteiger partial charge is 0.255 e. The second kappa shape index (κ2) is 11.3. The first-order valence-electron chi connectivity index (χ1n) is 13.7. The van der Waals surface area contributed by atoms with Crippen LogP contribution in [0.1, 0.15) is 34.3 Å². The monoisotopic (exact) mass is 557 g/mol. The van der Waals surface area contributed by atoms with E-state index in [4.69, 9.17) is 4.98 Å². The van der Waals surface area contributed by atoms with Crippen molar-refractivity contribution in [1.82, 2.24) is 19.9 Å². The van der Waals surface area contributed by atoms with Gasteiger partial charge in [-0.2, -0.15) is 0 Å². The number of nitrogens with one attached hydrogen (secondary N) is 4. The topological polar surface area (TPSA) is 115 Å². The number of amides is 2. The number of carbonyl (C=O) groups excluding carboxylic acids is 2. The predicted octanol–water partition coefficient (Wildman–Crippen LogP) is 6.14. The number of aromatic amines is 1. The number of hydrogen-bond acceptors (Lipinski definition) is 6. The number of anilines is 4. The summed E-state index contributed by atoms with van der Waals surface area (Å²) in [4.78, 5) is 39.8. The third-order valence-corrected chi connectivity index (χ3v) is 7.27. The van der Waals surface area contributed by atoms with Crippen LogP contribution in [-0.4, -0.2) is 52.3 Å². The van der Waals surface area contributed by atoms with Crippen LogP contribution in [0.25, 0.3) is 22.2 Å². The number of H-pyrrole nitrogens is 1. The van der Waals surface area contributed by atoms with Gasteiger partial charge in [-0.25, -0.2) is 9.97 Å². The standard InChI is InChI=1S/C33H31N7O2/c1-20-25-9-5-10-28-30(25)27(19-34-28)31-26(20)18-35-33(39-31)38-24-8-4-7-23(17-24)37-32(42)21-12-14-22(15-13-21)36-29(41)11-6-16-40(2)3/h4-15,17-20,34H,16H2,1-3H3,(H,36,41)(H,37,42)(H,35,38,39)/b11-6+. The van der Waals surface area contributed by atoms with Crippen LogP contribution < -0.4 is 16.0 Å². The summed E-state index contributed by atoms with van der Waals surface area (Å²) >= 11 is 0. The normalized spacial score (nSPS) is 13.8. The van der Waals surface area contributed by atoms with Gasteiger partial charge in [-0.05, 0) is 68.2 Å². The fraction of sp³-hybridized carbons (Fsp3) is 0.152. The molecule has 2 amide bonds. The van der Waals surface area contributed by atoms with Crippen molar-refractivity contribution in [3.8, 4) is 11.3 Å². The number of hydrogen-bond donors (Lipinski definition) is 4. The Morgan fingerprint density at radius 3 is 2.55 bits per heavy atom. The molecule has 9 heteroatoms. The number of nitrogens with zero attached hydrogens (tertiary/aromatic N) is 3. The zero-order valence-corrected chi connectivity index (χ0v) is 23.6. The zero-order valence-electron chi connectivity index (χ0n) is 23.6. The van der Waals surface area contributed by atoms with E-state index in [0.29, 0.717) is 29.4 Å². The highest BCUT2D eigenvalue weighted by atomic mass is 16.2. The third-order valence-electron chi connectivity index (χ3n) is 7.27. The maximum atomic E-state index is 12.9. The minimum Gasteiger partial charge on any atom is -0.360 e. The van der Waals surface area contributed by atoms with Crippen LogP contribution in [0.2, 0.25) is 0 Å². The molecule has 9 nitrogen and oxygen atoms in total. The maximum absolute atomic E-state index is 12.9. The molecule has 42 heavy (non-hydrogen) atoms. The molecule has 3 aromatic carbocycles. The van der Waals surface area contributed by atoms with Gasteiger partial charge in [0.05, 0.1) is 5.69 Å². The van der Waals surface area contributed by atoms with Crippen LogP contribution >= 0.6 is 0 Å². The van der Waals surface area contributed by atoms with Gasteiger partial charge in [0.1, 0.15) is 0 Å². The number of fused-ring (bicyclic) bond motifs is 2. The van der Waals surface area contributed by atoms with Crippen molar-refractivity contribution in [1.29, 1.82) is 0 Å². The molecule has 0 fully saturated rings. The summed E-state index contributed by atoms with van der Waals surface area (Å²) in [5, 5.41) is 10.2. The van der Waals surface area contributed by atoms with Crippen LogP contribution in [0, 0.1) is 0 Å². The molecule has 210 valence electrons. The van der Waals surface area contributed by atoms with Crippen LogP contribution in [0.4, 0.5) is 23.0 Å². The molecule has 1 unspecified atom stereocenters. The Morgan fingerprint density at radius 1 is 0.952 bits per heavy atom. The van der Waals surface area contributed by atoms with E-state index in [-0.39, 0.29) is 17.7 Å². The number of rotatable bonds is 8. The molecule has 1 aliphatic carbocycles. The second-order valence-corrected chi connectivity index (χ2v) is 10.6. The zero-order chi connectivity index (χ0) is 29.2. The van der Waals surface area contributed by atoms with Crippen molar-refractivity contribution in [3.05, 3.63) is 108 Å². The minimum absolute atomic E-state index is 0.190. The summed E-state index contributed by atoms with van der Waals surface area (Å²) in [7, 11) is 3.86.